The van der Waals surface area contributed by atoms with Gasteiger partial charge in [0.2, 0.25) is 0 Å². The number of aliphatic carboxylic acids is 1. The van der Waals surface area contributed by atoms with Crippen LogP contribution >= 0.6 is 15.9 Å². The molecule has 126 valence electrons. The molecule has 1 fully saturated rings. The summed E-state index contributed by atoms with van der Waals surface area (Å²) in [6, 6.07) is 9.23. The van der Waals surface area contributed by atoms with Crippen LogP contribution < -0.4 is 5.32 Å². The summed E-state index contributed by atoms with van der Waals surface area (Å²) in [4.78, 5) is 23.6. The highest BCUT2D eigenvalue weighted by Gasteiger charge is 2.38. The van der Waals surface area contributed by atoms with Crippen LogP contribution in [-0.2, 0) is 4.79 Å². The number of nitrogens with one attached hydrogen (secondary N) is 1. The van der Waals surface area contributed by atoms with E-state index in [4.69, 9.17) is 5.11 Å². The Hall–Kier alpha value is -2.15. The van der Waals surface area contributed by atoms with Crippen molar-refractivity contribution < 1.29 is 14.7 Å². The Balaban J connectivity index is 1.77. The summed E-state index contributed by atoms with van der Waals surface area (Å²) in [5.74, 6) is -1.22. The van der Waals surface area contributed by atoms with Crippen LogP contribution in [0.3, 0.4) is 0 Å². The second-order valence-corrected chi connectivity index (χ2v) is 7.05. The number of hydrogen-bond acceptors (Lipinski definition) is 3. The van der Waals surface area contributed by atoms with Crippen LogP contribution in [-0.4, -0.2) is 32.3 Å². The van der Waals surface area contributed by atoms with Gasteiger partial charge in [0, 0.05) is 10.7 Å². The van der Waals surface area contributed by atoms with E-state index in [-0.39, 0.29) is 18.0 Å². The average molecular weight is 392 g/mol. The molecule has 0 bridgehead atoms. The first-order valence-electron chi connectivity index (χ1n) is 7.83. The second kappa shape index (κ2) is 6.76. The van der Waals surface area contributed by atoms with E-state index in [1.807, 2.05) is 24.3 Å². The third-order valence-electron chi connectivity index (χ3n) is 4.32. The predicted molar refractivity (Wildman–Crippen MR) is 92.2 cm³/mol. The largest absolute Gasteiger partial charge is 0.481 e. The highest BCUT2D eigenvalue weighted by atomic mass is 79.9. The summed E-state index contributed by atoms with van der Waals surface area (Å²) in [6.07, 6.45) is 4.91. The highest BCUT2D eigenvalue weighted by Crippen LogP contribution is 2.32. The third-order valence-corrected chi connectivity index (χ3v) is 4.82. The lowest BCUT2D eigenvalue weighted by Gasteiger charge is -2.28. The molecule has 0 radical (unpaired) electrons. The molecular weight excluding hydrogens is 374 g/mol. The Morgan fingerprint density at radius 2 is 2.04 bits per heavy atom. The number of amides is 1. The maximum Gasteiger partial charge on any atom is 0.305 e. The summed E-state index contributed by atoms with van der Waals surface area (Å²) in [6.45, 7) is 0. The summed E-state index contributed by atoms with van der Waals surface area (Å²) in [5.41, 5.74) is 0.471. The van der Waals surface area contributed by atoms with Gasteiger partial charge in [0.15, 0.2) is 5.69 Å². The molecule has 24 heavy (non-hydrogen) atoms. The van der Waals surface area contributed by atoms with Gasteiger partial charge in [-0.2, -0.15) is 5.10 Å². The van der Waals surface area contributed by atoms with Crippen molar-refractivity contribution in [3.05, 3.63) is 46.7 Å². The molecule has 0 atom stereocenters. The molecule has 1 amide bonds. The lowest BCUT2D eigenvalue weighted by atomic mass is 9.93. The fourth-order valence-electron chi connectivity index (χ4n) is 3.20. The number of halogens is 1. The van der Waals surface area contributed by atoms with E-state index in [9.17, 15) is 9.59 Å². The number of rotatable bonds is 5. The molecule has 0 saturated heterocycles. The van der Waals surface area contributed by atoms with Crippen LogP contribution in [0.4, 0.5) is 0 Å². The lowest BCUT2D eigenvalue weighted by molar-refractivity contribution is -0.138. The maximum atomic E-state index is 12.5. The van der Waals surface area contributed by atoms with Gasteiger partial charge in [-0.05, 0) is 37.1 Å². The molecule has 1 aliphatic rings. The van der Waals surface area contributed by atoms with Crippen LogP contribution in [0.25, 0.3) is 5.69 Å². The monoisotopic (exact) mass is 391 g/mol. The summed E-state index contributed by atoms with van der Waals surface area (Å²) in [7, 11) is 0. The van der Waals surface area contributed by atoms with Crippen molar-refractivity contribution in [3.63, 3.8) is 0 Å². The number of aromatic nitrogens is 2. The molecule has 1 saturated carbocycles. The van der Waals surface area contributed by atoms with E-state index < -0.39 is 11.5 Å². The maximum absolute atomic E-state index is 12.5. The molecule has 0 aliphatic heterocycles. The predicted octanol–water partition coefficient (Wildman–Crippen LogP) is 3.15. The number of carbonyl (C=O) groups excluding carboxylic acids is 1. The summed E-state index contributed by atoms with van der Waals surface area (Å²) < 4.78 is 2.55. The molecule has 0 unspecified atom stereocenters. The van der Waals surface area contributed by atoms with Crippen LogP contribution in [0.15, 0.2) is 41.0 Å². The van der Waals surface area contributed by atoms with E-state index in [1.54, 1.807) is 16.9 Å². The van der Waals surface area contributed by atoms with Crippen molar-refractivity contribution in [3.8, 4) is 5.69 Å². The second-order valence-electron chi connectivity index (χ2n) is 6.14. The molecule has 6 nitrogen and oxygen atoms in total. The van der Waals surface area contributed by atoms with Gasteiger partial charge in [-0.25, -0.2) is 4.68 Å². The number of carboxylic acid groups (broad SMARTS) is 1. The van der Waals surface area contributed by atoms with Crippen LogP contribution in [0.2, 0.25) is 0 Å². The molecule has 0 spiro atoms. The zero-order valence-electron chi connectivity index (χ0n) is 13.0. The van der Waals surface area contributed by atoms with E-state index in [2.05, 4.69) is 26.3 Å². The minimum atomic E-state index is -0.892. The number of benzene rings is 1. The van der Waals surface area contributed by atoms with E-state index in [0.717, 1.165) is 23.0 Å². The molecule has 1 aromatic heterocycles. The smallest absolute Gasteiger partial charge is 0.305 e. The van der Waals surface area contributed by atoms with Crippen molar-refractivity contribution in [1.82, 2.24) is 15.1 Å². The quantitative estimate of drug-likeness (QED) is 0.819. The Morgan fingerprint density at radius 1 is 1.29 bits per heavy atom. The number of hydrogen-bond donors (Lipinski definition) is 2. The topological polar surface area (TPSA) is 84.2 Å². The molecule has 7 heteroatoms. The minimum Gasteiger partial charge on any atom is -0.481 e. The molecule has 2 N–H and O–H groups in total. The molecule has 2 aromatic rings. The lowest BCUT2D eigenvalue weighted by Crippen LogP contribution is -2.48. The fraction of sp³-hybridized carbons (Fsp3) is 0.353. The van der Waals surface area contributed by atoms with Gasteiger partial charge in [0.25, 0.3) is 5.91 Å². The van der Waals surface area contributed by atoms with E-state index in [0.29, 0.717) is 12.8 Å². The van der Waals surface area contributed by atoms with Gasteiger partial charge in [-0.1, -0.05) is 34.8 Å². The van der Waals surface area contributed by atoms with Gasteiger partial charge in [0.1, 0.15) is 0 Å². The number of carbonyl (C=O) groups is 2. The average Bonchev–Trinajstić information content (AvgIpc) is 3.16. The highest BCUT2D eigenvalue weighted by molar-refractivity contribution is 9.10. The van der Waals surface area contributed by atoms with Crippen LogP contribution in [0.1, 0.15) is 42.6 Å². The third kappa shape index (κ3) is 3.67. The standard InChI is InChI=1S/C17H18BrN3O3/c18-12-4-3-5-13(10-12)21-9-6-14(20-21)16(24)19-17(11-15(22)23)7-1-2-8-17/h3-6,9-10H,1-2,7-8,11H2,(H,19,24)(H,22,23). The molecule has 1 aliphatic carbocycles. The van der Waals surface area contributed by atoms with Gasteiger partial charge in [-0.3, -0.25) is 9.59 Å². The van der Waals surface area contributed by atoms with E-state index in [1.165, 1.54) is 0 Å². The van der Waals surface area contributed by atoms with Crippen molar-refractivity contribution in [1.29, 1.82) is 0 Å². The first-order valence-corrected chi connectivity index (χ1v) is 8.63. The SMILES string of the molecule is O=C(O)CC1(NC(=O)c2ccn(-c3cccc(Br)c3)n2)CCCC1. The Labute approximate surface area is 148 Å². The minimum absolute atomic E-state index is 0.0505. The number of nitrogens with zero attached hydrogens (tertiary/aromatic N) is 2. The zero-order chi connectivity index (χ0) is 17.2. The van der Waals surface area contributed by atoms with Gasteiger partial charge in [-0.15, -0.1) is 0 Å². The van der Waals surface area contributed by atoms with Crippen LogP contribution in [0.5, 0.6) is 0 Å². The summed E-state index contributed by atoms with van der Waals surface area (Å²) >= 11 is 3.41. The molecule has 3 rings (SSSR count). The Morgan fingerprint density at radius 3 is 2.71 bits per heavy atom. The summed E-state index contributed by atoms with van der Waals surface area (Å²) in [5, 5.41) is 16.3. The fourth-order valence-corrected chi connectivity index (χ4v) is 3.59. The molecule has 1 aromatic carbocycles. The van der Waals surface area contributed by atoms with Crippen molar-refractivity contribution in [2.75, 3.05) is 0 Å². The molecular formula is C17H18BrN3O3. The Kier molecular flexibility index (Phi) is 4.71. The van der Waals surface area contributed by atoms with Gasteiger partial charge in [0.05, 0.1) is 17.6 Å². The van der Waals surface area contributed by atoms with Gasteiger partial charge < -0.3 is 10.4 Å². The van der Waals surface area contributed by atoms with Crippen molar-refractivity contribution in [2.45, 2.75) is 37.6 Å². The van der Waals surface area contributed by atoms with Crippen molar-refractivity contribution in [2.24, 2.45) is 0 Å². The van der Waals surface area contributed by atoms with Gasteiger partial charge >= 0.3 is 5.97 Å². The first-order chi connectivity index (χ1) is 11.5. The number of carboxylic acids is 1. The van der Waals surface area contributed by atoms with Crippen LogP contribution in [0, 0.1) is 0 Å². The van der Waals surface area contributed by atoms with E-state index >= 15 is 0 Å². The zero-order valence-corrected chi connectivity index (χ0v) is 14.6. The normalized spacial score (nSPS) is 16.0. The first kappa shape index (κ1) is 16.7. The van der Waals surface area contributed by atoms with Crippen molar-refractivity contribution >= 4 is 27.8 Å². The Bertz CT molecular complexity index is 766. The molecule has 1 heterocycles.